The number of anilines is 3. The van der Waals surface area contributed by atoms with E-state index in [0.717, 1.165) is 25.5 Å². The smallest absolute Gasteiger partial charge is 0.281 e. The molecule has 0 radical (unpaired) electrons. The number of hydrogen-bond acceptors (Lipinski definition) is 11. The summed E-state index contributed by atoms with van der Waals surface area (Å²) in [5.41, 5.74) is 4.99. The topological polar surface area (TPSA) is 144 Å². The largest absolute Gasteiger partial charge is 0.378 e. The number of ether oxygens (including phenoxy) is 1. The Labute approximate surface area is 213 Å². The van der Waals surface area contributed by atoms with Crippen LogP contribution in [0.5, 0.6) is 0 Å². The fourth-order valence-corrected chi connectivity index (χ4v) is 4.26. The number of nitrogens with two attached hydrogens (primary N) is 1. The molecule has 2 aromatic heterocycles. The van der Waals surface area contributed by atoms with E-state index in [9.17, 15) is 18.4 Å². The van der Waals surface area contributed by atoms with Crippen molar-refractivity contribution in [3.05, 3.63) is 11.9 Å². The van der Waals surface area contributed by atoms with Crippen molar-refractivity contribution >= 4 is 30.0 Å². The summed E-state index contributed by atoms with van der Waals surface area (Å²) in [5, 5.41) is 0. The highest BCUT2D eigenvalue weighted by molar-refractivity contribution is 5.76. The van der Waals surface area contributed by atoms with E-state index in [1.54, 1.807) is 0 Å². The number of nitrogen functional groups attached to an aromatic ring is 1. The molecule has 4 heterocycles. The van der Waals surface area contributed by atoms with Crippen LogP contribution in [0.15, 0.2) is 6.20 Å². The van der Waals surface area contributed by atoms with Gasteiger partial charge in [0.05, 0.1) is 18.8 Å². The van der Waals surface area contributed by atoms with Crippen LogP contribution in [0.1, 0.15) is 44.2 Å². The molecule has 0 bridgehead atoms. The normalized spacial score (nSPS) is 16.4. The molecule has 2 N–H and O–H groups in total. The third-order valence-electron chi connectivity index (χ3n) is 6.32. The van der Waals surface area contributed by atoms with Gasteiger partial charge in [0, 0.05) is 58.3 Å². The Balaban J connectivity index is 1.52. The molecule has 14 heteroatoms. The van der Waals surface area contributed by atoms with E-state index in [-0.39, 0.29) is 23.2 Å². The minimum Gasteiger partial charge on any atom is -0.378 e. The van der Waals surface area contributed by atoms with Gasteiger partial charge in [0.1, 0.15) is 12.0 Å². The average Bonchev–Trinajstić information content (AvgIpc) is 2.93. The molecule has 0 spiro atoms. The maximum atomic E-state index is 13.8. The molecule has 1 amide bonds. The van der Waals surface area contributed by atoms with E-state index in [1.807, 2.05) is 14.7 Å². The number of aromatic nitrogens is 5. The van der Waals surface area contributed by atoms with Crippen molar-refractivity contribution in [3.8, 4) is 11.4 Å². The summed E-state index contributed by atoms with van der Waals surface area (Å²) in [4.78, 5) is 49.9. The predicted octanol–water partition coefficient (Wildman–Crippen LogP) is 1.48. The molecule has 4 rings (SSSR count). The predicted molar refractivity (Wildman–Crippen MR) is 131 cm³/mol. The van der Waals surface area contributed by atoms with Crippen molar-refractivity contribution in [2.75, 3.05) is 68.0 Å². The highest BCUT2D eigenvalue weighted by atomic mass is 19.3. The van der Waals surface area contributed by atoms with Gasteiger partial charge >= 0.3 is 0 Å². The van der Waals surface area contributed by atoms with Gasteiger partial charge in [-0.1, -0.05) is 6.42 Å². The molecule has 2 saturated heterocycles. The van der Waals surface area contributed by atoms with Gasteiger partial charge in [-0.3, -0.25) is 4.79 Å². The van der Waals surface area contributed by atoms with E-state index >= 15 is 0 Å². The van der Waals surface area contributed by atoms with E-state index in [2.05, 4.69) is 24.9 Å². The molecule has 2 aromatic rings. The van der Waals surface area contributed by atoms with Gasteiger partial charge in [-0.05, 0) is 12.8 Å². The Bertz CT molecular complexity index is 1080. The first-order chi connectivity index (χ1) is 18.0. The zero-order valence-corrected chi connectivity index (χ0v) is 20.6. The Kier molecular flexibility index (Phi) is 9.04. The van der Waals surface area contributed by atoms with Crippen LogP contribution < -0.4 is 15.5 Å². The lowest BCUT2D eigenvalue weighted by Crippen LogP contribution is -2.49. The number of halogens is 2. The number of piperazine rings is 1. The van der Waals surface area contributed by atoms with Gasteiger partial charge in [0.25, 0.3) is 6.43 Å². The first kappa shape index (κ1) is 26.5. The second-order valence-corrected chi connectivity index (χ2v) is 8.82. The number of aldehydes is 1. The average molecular weight is 520 g/mol. The fourth-order valence-electron chi connectivity index (χ4n) is 4.26. The van der Waals surface area contributed by atoms with Gasteiger partial charge in [0.2, 0.25) is 23.8 Å². The molecule has 0 atom stereocenters. The Hall–Kier alpha value is -3.55. The summed E-state index contributed by atoms with van der Waals surface area (Å²) in [6.07, 6.45) is 2.58. The number of amides is 1. The third-order valence-corrected chi connectivity index (χ3v) is 6.32. The number of morpholine rings is 1. The summed E-state index contributed by atoms with van der Waals surface area (Å²) in [7, 11) is 0. The molecule has 0 unspecified atom stereocenters. The van der Waals surface area contributed by atoms with Gasteiger partial charge in [-0.2, -0.15) is 15.0 Å². The molecular weight excluding hydrogens is 488 g/mol. The number of carbonyl (C=O) groups is 2. The highest BCUT2D eigenvalue weighted by Gasteiger charge is 2.27. The number of rotatable bonds is 10. The molecule has 2 aliphatic rings. The first-order valence-electron chi connectivity index (χ1n) is 12.4. The van der Waals surface area contributed by atoms with Gasteiger partial charge in [-0.25, -0.2) is 18.7 Å². The Morgan fingerprint density at radius 3 is 2.30 bits per heavy atom. The molecule has 2 fully saturated rings. The quantitative estimate of drug-likeness (QED) is 0.360. The van der Waals surface area contributed by atoms with Crippen LogP contribution >= 0.6 is 0 Å². The van der Waals surface area contributed by atoms with Crippen LogP contribution in [0.4, 0.5) is 26.6 Å². The van der Waals surface area contributed by atoms with E-state index in [0.29, 0.717) is 77.2 Å². The molecule has 37 heavy (non-hydrogen) atoms. The number of nitrogens with zero attached hydrogens (tertiary/aromatic N) is 8. The monoisotopic (exact) mass is 519 g/mol. The highest BCUT2D eigenvalue weighted by Crippen LogP contribution is 2.30. The number of alkyl halides is 2. The maximum absolute atomic E-state index is 13.8. The van der Waals surface area contributed by atoms with Crippen molar-refractivity contribution in [2.24, 2.45) is 0 Å². The summed E-state index contributed by atoms with van der Waals surface area (Å²) in [6, 6.07) is 0. The van der Waals surface area contributed by atoms with Crippen molar-refractivity contribution in [1.29, 1.82) is 0 Å². The summed E-state index contributed by atoms with van der Waals surface area (Å²) in [6.45, 7) is 4.07. The molecule has 200 valence electrons. The lowest BCUT2D eigenvalue weighted by Gasteiger charge is -2.35. The minimum absolute atomic E-state index is 0.00856. The molecule has 0 aromatic carbocycles. The maximum Gasteiger partial charge on any atom is 0.281 e. The zero-order valence-electron chi connectivity index (χ0n) is 20.6. The Morgan fingerprint density at radius 1 is 0.973 bits per heavy atom. The fraction of sp³-hybridized carbons (Fsp3) is 0.609. The van der Waals surface area contributed by atoms with Crippen LogP contribution in [0.3, 0.4) is 0 Å². The first-order valence-corrected chi connectivity index (χ1v) is 12.4. The lowest BCUT2D eigenvalue weighted by molar-refractivity contribution is -0.131. The molecule has 12 nitrogen and oxygen atoms in total. The van der Waals surface area contributed by atoms with Crippen LogP contribution in [0.2, 0.25) is 0 Å². The van der Waals surface area contributed by atoms with Crippen LogP contribution in [-0.4, -0.2) is 94.5 Å². The Morgan fingerprint density at radius 2 is 1.65 bits per heavy atom. The van der Waals surface area contributed by atoms with E-state index in [4.69, 9.17) is 10.5 Å². The SMILES string of the molecule is Nc1ncc(-c2nc(N3CCOCC3)nc(N3CCN(C(=O)CCCCCC=O)CC3)n2)c(C(F)F)n1. The van der Waals surface area contributed by atoms with Gasteiger partial charge < -0.3 is 30.0 Å². The molecule has 0 saturated carbocycles. The van der Waals surface area contributed by atoms with Crippen molar-refractivity contribution in [2.45, 2.75) is 38.5 Å². The van der Waals surface area contributed by atoms with Gasteiger partial charge in [-0.15, -0.1) is 0 Å². The summed E-state index contributed by atoms with van der Waals surface area (Å²) >= 11 is 0. The van der Waals surface area contributed by atoms with Crippen LogP contribution in [0, 0.1) is 0 Å². The molecule has 2 aliphatic heterocycles. The summed E-state index contributed by atoms with van der Waals surface area (Å²) in [5.74, 6) is 0.553. The third kappa shape index (κ3) is 6.81. The van der Waals surface area contributed by atoms with E-state index < -0.39 is 12.1 Å². The molecular formula is C23H31F2N9O3. The number of carbonyl (C=O) groups excluding carboxylic acids is 2. The minimum atomic E-state index is -2.89. The lowest BCUT2D eigenvalue weighted by atomic mass is 10.1. The van der Waals surface area contributed by atoms with Crippen molar-refractivity contribution in [1.82, 2.24) is 29.8 Å². The van der Waals surface area contributed by atoms with E-state index in [1.165, 1.54) is 6.20 Å². The number of unbranched alkanes of at least 4 members (excludes halogenated alkanes) is 3. The van der Waals surface area contributed by atoms with Crippen LogP contribution in [0.25, 0.3) is 11.4 Å². The van der Waals surface area contributed by atoms with Gasteiger partial charge in [0.15, 0.2) is 5.82 Å². The van der Waals surface area contributed by atoms with Crippen molar-refractivity contribution < 1.29 is 23.1 Å². The van der Waals surface area contributed by atoms with Crippen molar-refractivity contribution in [3.63, 3.8) is 0 Å². The number of hydrogen-bond donors (Lipinski definition) is 1. The summed E-state index contributed by atoms with van der Waals surface area (Å²) < 4.78 is 32.9. The second-order valence-electron chi connectivity index (χ2n) is 8.82. The standard InChI is InChI=1S/C23H31F2N9O3/c24-19(25)18-16(15-27-21(26)28-18)20-29-22(31-23(30-20)34-10-13-37-14-11-34)33-8-6-32(7-9-33)17(36)5-3-1-2-4-12-35/h12,15,19H,1-11,13-14H2,(H2,26,27,28). The van der Waals surface area contributed by atoms with Crippen LogP contribution in [-0.2, 0) is 14.3 Å². The zero-order chi connectivity index (χ0) is 26.2. The molecule has 0 aliphatic carbocycles. The second kappa shape index (κ2) is 12.6.